The van der Waals surface area contributed by atoms with Gasteiger partial charge >= 0.3 is 0 Å². The molecule has 0 radical (unpaired) electrons. The van der Waals surface area contributed by atoms with Gasteiger partial charge in [0.05, 0.1) is 0 Å². The van der Waals surface area contributed by atoms with E-state index in [4.69, 9.17) is 0 Å². The van der Waals surface area contributed by atoms with E-state index in [0.29, 0.717) is 6.42 Å². The third kappa shape index (κ3) is 3.74. The molecule has 0 saturated heterocycles. The molecule has 15 heavy (non-hydrogen) atoms. The molecule has 82 valence electrons. The number of nitrogens with zero attached hydrogens (tertiary/aromatic N) is 1. The average Bonchev–Trinajstić information content (AvgIpc) is 2.27. The summed E-state index contributed by atoms with van der Waals surface area (Å²) in [6.45, 7) is 5.58. The van der Waals surface area contributed by atoms with Crippen LogP contribution in [0, 0.1) is 0 Å². The van der Waals surface area contributed by atoms with Crippen LogP contribution in [0.25, 0.3) is 0 Å². The predicted octanol–water partition coefficient (Wildman–Crippen LogP) is 2.84. The van der Waals surface area contributed by atoms with E-state index in [2.05, 4.69) is 12.1 Å². The van der Waals surface area contributed by atoms with Gasteiger partial charge in [0, 0.05) is 19.5 Å². The zero-order chi connectivity index (χ0) is 11.1. The summed E-state index contributed by atoms with van der Waals surface area (Å²) in [5.41, 5.74) is 1.20. The van der Waals surface area contributed by atoms with Crippen molar-refractivity contribution in [3.63, 3.8) is 0 Å². The van der Waals surface area contributed by atoms with Gasteiger partial charge in [0.1, 0.15) is 0 Å². The van der Waals surface area contributed by atoms with Gasteiger partial charge in [-0.15, -0.1) is 0 Å². The summed E-state index contributed by atoms with van der Waals surface area (Å²) in [5.74, 6) is 0.254. The van der Waals surface area contributed by atoms with Crippen molar-refractivity contribution in [3.05, 3.63) is 35.9 Å². The lowest BCUT2D eigenvalue weighted by molar-refractivity contribution is -0.131. The van der Waals surface area contributed by atoms with Crippen molar-refractivity contribution in [3.8, 4) is 0 Å². The van der Waals surface area contributed by atoms with Crippen molar-refractivity contribution in [1.29, 1.82) is 0 Å². The lowest BCUT2D eigenvalue weighted by Crippen LogP contribution is -2.29. The Kier molecular flexibility index (Phi) is 4.88. The number of hydrogen-bond donors (Lipinski definition) is 0. The van der Waals surface area contributed by atoms with E-state index in [1.165, 1.54) is 5.56 Å². The quantitative estimate of drug-likeness (QED) is 0.723. The standard InChI is InChI=1S/C13H19NO/c1-3-8-13(15)14(4-2)11-12-9-6-5-7-10-12/h5-7,9-10H,3-4,8,11H2,1-2H3. The molecule has 0 atom stereocenters. The molecular formula is C13H19NO. The molecule has 0 aliphatic heterocycles. The third-order valence-electron chi connectivity index (χ3n) is 2.41. The largest absolute Gasteiger partial charge is 0.339 e. The maximum Gasteiger partial charge on any atom is 0.222 e. The number of carbonyl (C=O) groups excluding carboxylic acids is 1. The summed E-state index contributed by atoms with van der Waals surface area (Å²) in [6, 6.07) is 10.1. The van der Waals surface area contributed by atoms with Gasteiger partial charge in [-0.3, -0.25) is 4.79 Å². The Hall–Kier alpha value is -1.31. The monoisotopic (exact) mass is 205 g/mol. The minimum Gasteiger partial charge on any atom is -0.339 e. The van der Waals surface area contributed by atoms with Gasteiger partial charge in [-0.25, -0.2) is 0 Å². The maximum atomic E-state index is 11.7. The highest BCUT2D eigenvalue weighted by atomic mass is 16.2. The Morgan fingerprint density at radius 3 is 2.40 bits per heavy atom. The lowest BCUT2D eigenvalue weighted by Gasteiger charge is -2.20. The molecule has 2 heteroatoms. The molecule has 0 N–H and O–H groups in total. The number of rotatable bonds is 5. The number of benzene rings is 1. The van der Waals surface area contributed by atoms with Gasteiger partial charge in [0.2, 0.25) is 5.91 Å². The summed E-state index contributed by atoms with van der Waals surface area (Å²) >= 11 is 0. The van der Waals surface area contributed by atoms with E-state index in [0.717, 1.165) is 19.5 Å². The second-order valence-corrected chi connectivity index (χ2v) is 3.64. The minimum absolute atomic E-state index is 0.254. The molecule has 0 aliphatic rings. The molecule has 0 fully saturated rings. The number of amides is 1. The van der Waals surface area contributed by atoms with Crippen LogP contribution in [0.1, 0.15) is 32.3 Å². The molecule has 0 saturated carbocycles. The van der Waals surface area contributed by atoms with Crippen molar-refractivity contribution in [2.45, 2.75) is 33.2 Å². The summed E-state index contributed by atoms with van der Waals surface area (Å²) in [4.78, 5) is 13.6. The third-order valence-corrected chi connectivity index (χ3v) is 2.41. The molecule has 0 heterocycles. The van der Waals surface area contributed by atoms with E-state index in [1.807, 2.05) is 36.9 Å². The molecule has 1 amide bonds. The molecule has 1 rings (SSSR count). The Morgan fingerprint density at radius 1 is 1.20 bits per heavy atom. The van der Waals surface area contributed by atoms with Crippen LogP contribution < -0.4 is 0 Å². The molecule has 0 unspecified atom stereocenters. The molecule has 2 nitrogen and oxygen atoms in total. The number of hydrogen-bond acceptors (Lipinski definition) is 1. The molecule has 0 aromatic heterocycles. The van der Waals surface area contributed by atoms with Gasteiger partial charge in [-0.1, -0.05) is 37.3 Å². The Morgan fingerprint density at radius 2 is 1.87 bits per heavy atom. The van der Waals surface area contributed by atoms with Crippen LogP contribution in [0.4, 0.5) is 0 Å². The summed E-state index contributed by atoms with van der Waals surface area (Å²) in [5, 5.41) is 0. The van der Waals surface area contributed by atoms with Crippen molar-refractivity contribution in [1.82, 2.24) is 4.90 Å². The van der Waals surface area contributed by atoms with Crippen LogP contribution in [-0.2, 0) is 11.3 Å². The molecule has 0 aliphatic carbocycles. The van der Waals surface area contributed by atoms with Crippen LogP contribution in [0.3, 0.4) is 0 Å². The van der Waals surface area contributed by atoms with E-state index >= 15 is 0 Å². The first-order chi connectivity index (χ1) is 7.27. The molecular weight excluding hydrogens is 186 g/mol. The average molecular weight is 205 g/mol. The zero-order valence-corrected chi connectivity index (χ0v) is 9.57. The minimum atomic E-state index is 0.254. The van der Waals surface area contributed by atoms with Gasteiger partial charge in [0.15, 0.2) is 0 Å². The van der Waals surface area contributed by atoms with Crippen LogP contribution in [0.15, 0.2) is 30.3 Å². The molecule has 1 aromatic rings. The predicted molar refractivity (Wildman–Crippen MR) is 62.4 cm³/mol. The Balaban J connectivity index is 2.58. The molecule has 1 aromatic carbocycles. The smallest absolute Gasteiger partial charge is 0.222 e. The molecule has 0 spiro atoms. The van der Waals surface area contributed by atoms with Crippen LogP contribution >= 0.6 is 0 Å². The van der Waals surface area contributed by atoms with Crippen LogP contribution in [0.2, 0.25) is 0 Å². The van der Waals surface area contributed by atoms with E-state index < -0.39 is 0 Å². The van der Waals surface area contributed by atoms with Crippen molar-refractivity contribution in [2.24, 2.45) is 0 Å². The Labute approximate surface area is 91.9 Å². The number of carbonyl (C=O) groups is 1. The van der Waals surface area contributed by atoms with Crippen molar-refractivity contribution in [2.75, 3.05) is 6.54 Å². The Bertz CT molecular complexity index is 295. The van der Waals surface area contributed by atoms with Crippen LogP contribution in [0.5, 0.6) is 0 Å². The topological polar surface area (TPSA) is 20.3 Å². The SMILES string of the molecule is CCCC(=O)N(CC)Cc1ccccc1. The first kappa shape index (κ1) is 11.8. The maximum absolute atomic E-state index is 11.7. The highest BCUT2D eigenvalue weighted by Crippen LogP contribution is 2.06. The fourth-order valence-electron chi connectivity index (χ4n) is 1.55. The second-order valence-electron chi connectivity index (χ2n) is 3.64. The first-order valence-electron chi connectivity index (χ1n) is 5.59. The van der Waals surface area contributed by atoms with E-state index in [-0.39, 0.29) is 5.91 Å². The van der Waals surface area contributed by atoms with Gasteiger partial charge in [0.25, 0.3) is 0 Å². The second kappa shape index (κ2) is 6.23. The van der Waals surface area contributed by atoms with Gasteiger partial charge in [-0.05, 0) is 18.9 Å². The fraction of sp³-hybridized carbons (Fsp3) is 0.462. The first-order valence-corrected chi connectivity index (χ1v) is 5.59. The summed E-state index contributed by atoms with van der Waals surface area (Å²) in [7, 11) is 0. The highest BCUT2D eigenvalue weighted by Gasteiger charge is 2.10. The highest BCUT2D eigenvalue weighted by molar-refractivity contribution is 5.76. The van der Waals surface area contributed by atoms with E-state index in [9.17, 15) is 4.79 Å². The lowest BCUT2D eigenvalue weighted by atomic mass is 10.2. The summed E-state index contributed by atoms with van der Waals surface area (Å²) < 4.78 is 0. The van der Waals surface area contributed by atoms with Gasteiger partial charge in [-0.2, -0.15) is 0 Å². The molecule has 0 bridgehead atoms. The van der Waals surface area contributed by atoms with Crippen molar-refractivity contribution < 1.29 is 4.79 Å². The summed E-state index contributed by atoms with van der Waals surface area (Å²) in [6.07, 6.45) is 1.57. The van der Waals surface area contributed by atoms with Crippen molar-refractivity contribution >= 4 is 5.91 Å². The van der Waals surface area contributed by atoms with Gasteiger partial charge < -0.3 is 4.90 Å². The van der Waals surface area contributed by atoms with E-state index in [1.54, 1.807) is 0 Å². The fourth-order valence-corrected chi connectivity index (χ4v) is 1.55. The zero-order valence-electron chi connectivity index (χ0n) is 9.57. The normalized spacial score (nSPS) is 10.0. The van der Waals surface area contributed by atoms with Crippen LogP contribution in [-0.4, -0.2) is 17.4 Å².